The van der Waals surface area contributed by atoms with Gasteiger partial charge in [0, 0.05) is 23.6 Å². The van der Waals surface area contributed by atoms with Crippen molar-refractivity contribution >= 4 is 16.7 Å². The molecule has 8 heteroatoms. The second-order valence-electron chi connectivity index (χ2n) is 7.36. The lowest BCUT2D eigenvalue weighted by molar-refractivity contribution is -0.121. The molecular formula is C23H23N5O3. The van der Waals surface area contributed by atoms with Gasteiger partial charge in [-0.3, -0.25) is 14.6 Å². The summed E-state index contributed by atoms with van der Waals surface area (Å²) < 4.78 is 6.55. The molecule has 0 spiro atoms. The summed E-state index contributed by atoms with van der Waals surface area (Å²) in [5.41, 5.74) is 2.95. The number of hydrogen-bond donors (Lipinski definition) is 1. The van der Waals surface area contributed by atoms with Crippen LogP contribution in [-0.2, 0) is 24.3 Å². The number of carbonyl (C=O) groups is 1. The molecule has 0 aliphatic heterocycles. The van der Waals surface area contributed by atoms with Gasteiger partial charge in [-0.1, -0.05) is 29.4 Å². The predicted molar refractivity (Wildman–Crippen MR) is 115 cm³/mol. The van der Waals surface area contributed by atoms with E-state index in [-0.39, 0.29) is 24.6 Å². The van der Waals surface area contributed by atoms with Crippen molar-refractivity contribution in [1.82, 2.24) is 25.2 Å². The first kappa shape index (κ1) is 20.5. The van der Waals surface area contributed by atoms with Crippen LogP contribution in [0.3, 0.4) is 0 Å². The fourth-order valence-electron chi connectivity index (χ4n) is 3.56. The van der Waals surface area contributed by atoms with Crippen LogP contribution in [0, 0.1) is 13.8 Å². The Hall–Kier alpha value is -3.81. The van der Waals surface area contributed by atoms with Crippen molar-refractivity contribution in [3.05, 3.63) is 87.4 Å². The summed E-state index contributed by atoms with van der Waals surface area (Å²) in [5.74, 6) is 0.632. The fourth-order valence-corrected chi connectivity index (χ4v) is 3.56. The predicted octanol–water partition coefficient (Wildman–Crippen LogP) is 2.69. The van der Waals surface area contributed by atoms with E-state index in [1.165, 1.54) is 4.68 Å². The first-order chi connectivity index (χ1) is 15.0. The monoisotopic (exact) mass is 417 g/mol. The van der Waals surface area contributed by atoms with Crippen molar-refractivity contribution in [3.8, 4) is 0 Å². The van der Waals surface area contributed by atoms with Crippen LogP contribution < -0.4 is 10.9 Å². The van der Waals surface area contributed by atoms with Gasteiger partial charge in [0.1, 0.15) is 5.76 Å². The second-order valence-corrected chi connectivity index (χ2v) is 7.36. The molecule has 0 unspecified atom stereocenters. The van der Waals surface area contributed by atoms with Gasteiger partial charge in [-0.25, -0.2) is 4.68 Å². The third kappa shape index (κ3) is 4.53. The van der Waals surface area contributed by atoms with Gasteiger partial charge in [-0.05, 0) is 38.5 Å². The summed E-state index contributed by atoms with van der Waals surface area (Å²) in [4.78, 5) is 29.6. The van der Waals surface area contributed by atoms with E-state index in [2.05, 4.69) is 20.6 Å². The molecule has 8 nitrogen and oxygen atoms in total. The zero-order chi connectivity index (χ0) is 21.8. The van der Waals surface area contributed by atoms with Gasteiger partial charge >= 0.3 is 0 Å². The maximum absolute atomic E-state index is 12.9. The molecule has 4 aromatic rings. The number of aryl methyl sites for hydroxylation is 2. The maximum Gasteiger partial charge on any atom is 0.275 e. The number of benzene rings is 1. The molecule has 0 radical (unpaired) electrons. The number of carbonyl (C=O) groups excluding carboxylic acids is 1. The minimum absolute atomic E-state index is 0.103. The lowest BCUT2D eigenvalue weighted by Gasteiger charge is -2.12. The van der Waals surface area contributed by atoms with Gasteiger partial charge < -0.3 is 9.84 Å². The molecule has 0 saturated carbocycles. The van der Waals surface area contributed by atoms with E-state index in [9.17, 15) is 9.59 Å². The second kappa shape index (κ2) is 8.91. The van der Waals surface area contributed by atoms with Crippen molar-refractivity contribution < 1.29 is 9.32 Å². The van der Waals surface area contributed by atoms with Crippen LogP contribution in [-0.4, -0.2) is 25.8 Å². The average molecular weight is 417 g/mol. The third-order valence-corrected chi connectivity index (χ3v) is 5.22. The molecule has 3 aromatic heterocycles. The molecule has 31 heavy (non-hydrogen) atoms. The Morgan fingerprint density at radius 2 is 1.87 bits per heavy atom. The first-order valence-corrected chi connectivity index (χ1v) is 10.1. The van der Waals surface area contributed by atoms with E-state index in [4.69, 9.17) is 4.52 Å². The summed E-state index contributed by atoms with van der Waals surface area (Å²) in [6.07, 6.45) is 2.55. The van der Waals surface area contributed by atoms with E-state index >= 15 is 0 Å². The first-order valence-electron chi connectivity index (χ1n) is 10.1. The van der Waals surface area contributed by atoms with Crippen LogP contribution in [0.15, 0.2) is 58.0 Å². The van der Waals surface area contributed by atoms with E-state index in [1.807, 2.05) is 50.2 Å². The Balaban J connectivity index is 1.53. The molecule has 1 N–H and O–H groups in total. The Kier molecular flexibility index (Phi) is 5.88. The molecule has 1 aromatic carbocycles. The highest BCUT2D eigenvalue weighted by Gasteiger charge is 2.14. The number of amides is 1. The van der Waals surface area contributed by atoms with Gasteiger partial charge in [-0.2, -0.15) is 5.10 Å². The zero-order valence-corrected chi connectivity index (χ0v) is 17.5. The SMILES string of the molecule is Cc1noc(C)c1CCC(=O)NCc1nn(Cc2ccccn2)c(=O)c2ccccc12. The van der Waals surface area contributed by atoms with E-state index in [0.29, 0.717) is 23.9 Å². The zero-order valence-electron chi connectivity index (χ0n) is 17.5. The molecule has 4 rings (SSSR count). The highest BCUT2D eigenvalue weighted by Crippen LogP contribution is 2.15. The number of pyridine rings is 1. The Labute approximate surface area is 178 Å². The largest absolute Gasteiger partial charge is 0.361 e. The standard InChI is InChI=1S/C23H23N5O3/c1-15-18(16(2)31-27-15)10-11-22(29)25-13-21-19-8-3-4-9-20(19)23(30)28(26-21)14-17-7-5-6-12-24-17/h3-9,12H,10-11,13-14H2,1-2H3,(H,25,29). The van der Waals surface area contributed by atoms with Gasteiger partial charge in [0.25, 0.3) is 5.56 Å². The number of aromatic nitrogens is 4. The molecule has 0 bridgehead atoms. The van der Waals surface area contributed by atoms with Gasteiger partial charge in [0.05, 0.1) is 35.6 Å². The van der Waals surface area contributed by atoms with Crippen LogP contribution in [0.5, 0.6) is 0 Å². The Morgan fingerprint density at radius 3 is 2.58 bits per heavy atom. The summed E-state index contributed by atoms with van der Waals surface area (Å²) in [6.45, 7) is 4.19. The summed E-state index contributed by atoms with van der Waals surface area (Å²) in [6, 6.07) is 12.8. The summed E-state index contributed by atoms with van der Waals surface area (Å²) in [7, 11) is 0. The van der Waals surface area contributed by atoms with Crippen molar-refractivity contribution in [1.29, 1.82) is 0 Å². The Morgan fingerprint density at radius 1 is 1.10 bits per heavy atom. The van der Waals surface area contributed by atoms with Crippen LogP contribution in [0.2, 0.25) is 0 Å². The summed E-state index contributed by atoms with van der Waals surface area (Å²) >= 11 is 0. The van der Waals surface area contributed by atoms with Gasteiger partial charge in [0.2, 0.25) is 5.91 Å². The van der Waals surface area contributed by atoms with Crippen molar-refractivity contribution in [3.63, 3.8) is 0 Å². The van der Waals surface area contributed by atoms with Crippen LogP contribution in [0.25, 0.3) is 10.8 Å². The molecule has 0 fully saturated rings. The number of nitrogens with zero attached hydrogens (tertiary/aromatic N) is 4. The van der Waals surface area contributed by atoms with E-state index < -0.39 is 0 Å². The van der Waals surface area contributed by atoms with Crippen LogP contribution >= 0.6 is 0 Å². The smallest absolute Gasteiger partial charge is 0.275 e. The number of fused-ring (bicyclic) bond motifs is 1. The topological polar surface area (TPSA) is 103 Å². The average Bonchev–Trinajstić information content (AvgIpc) is 3.11. The lowest BCUT2D eigenvalue weighted by atomic mass is 10.1. The highest BCUT2D eigenvalue weighted by atomic mass is 16.5. The van der Waals surface area contributed by atoms with E-state index in [0.717, 1.165) is 28.1 Å². The molecule has 1 amide bonds. The fraction of sp³-hybridized carbons (Fsp3) is 0.261. The van der Waals surface area contributed by atoms with E-state index in [1.54, 1.807) is 12.3 Å². The molecule has 0 saturated heterocycles. The molecule has 0 atom stereocenters. The quantitative estimate of drug-likeness (QED) is 0.496. The maximum atomic E-state index is 12.9. The number of nitrogens with one attached hydrogen (secondary N) is 1. The van der Waals surface area contributed by atoms with Crippen LogP contribution in [0.1, 0.15) is 34.8 Å². The Bertz CT molecular complexity index is 1260. The van der Waals surface area contributed by atoms with Gasteiger partial charge in [0.15, 0.2) is 0 Å². The highest BCUT2D eigenvalue weighted by molar-refractivity contribution is 5.84. The molecule has 3 heterocycles. The third-order valence-electron chi connectivity index (χ3n) is 5.22. The van der Waals surface area contributed by atoms with Crippen LogP contribution in [0.4, 0.5) is 0 Å². The normalized spacial score (nSPS) is 11.0. The summed E-state index contributed by atoms with van der Waals surface area (Å²) in [5, 5.41) is 12.7. The van der Waals surface area contributed by atoms with Crippen molar-refractivity contribution in [2.75, 3.05) is 0 Å². The molecular weight excluding hydrogens is 394 g/mol. The number of rotatable bonds is 7. The molecule has 0 aliphatic carbocycles. The number of hydrogen-bond acceptors (Lipinski definition) is 6. The van der Waals surface area contributed by atoms with Crippen molar-refractivity contribution in [2.45, 2.75) is 39.8 Å². The van der Waals surface area contributed by atoms with Crippen molar-refractivity contribution in [2.24, 2.45) is 0 Å². The minimum Gasteiger partial charge on any atom is -0.361 e. The molecule has 0 aliphatic rings. The lowest BCUT2D eigenvalue weighted by Crippen LogP contribution is -2.29. The molecule has 158 valence electrons. The van der Waals surface area contributed by atoms with Gasteiger partial charge in [-0.15, -0.1) is 0 Å². The minimum atomic E-state index is -0.185.